The molecule has 0 bridgehead atoms. The predicted molar refractivity (Wildman–Crippen MR) is 69.0 cm³/mol. The zero-order valence-electron chi connectivity index (χ0n) is 9.36. The highest BCUT2D eigenvalue weighted by atomic mass is 32.1. The van der Waals surface area contributed by atoms with Crippen molar-refractivity contribution >= 4 is 11.3 Å². The van der Waals surface area contributed by atoms with E-state index in [4.69, 9.17) is 0 Å². The topological polar surface area (TPSA) is 12.0 Å². The number of thiophene rings is 1. The Morgan fingerprint density at radius 1 is 1.25 bits per heavy atom. The number of hydrogen-bond acceptors (Lipinski definition) is 2. The summed E-state index contributed by atoms with van der Waals surface area (Å²) in [6, 6.07) is 11.1. The molecule has 1 aliphatic heterocycles. The molecule has 1 unspecified atom stereocenters. The summed E-state index contributed by atoms with van der Waals surface area (Å²) >= 11 is 1.91. The standard InChI is InChI=1S/C14H15NS/c1-10-9-16-12-7-8-15-14(13(10)12)11-5-3-2-4-6-11/h2-6,9,14-15H,7-8H2,1H3. The summed E-state index contributed by atoms with van der Waals surface area (Å²) in [6.45, 7) is 3.31. The summed E-state index contributed by atoms with van der Waals surface area (Å²) in [4.78, 5) is 1.56. The molecule has 0 spiro atoms. The van der Waals surface area contributed by atoms with Crippen molar-refractivity contribution in [3.8, 4) is 0 Å². The third-order valence-electron chi connectivity index (χ3n) is 3.23. The quantitative estimate of drug-likeness (QED) is 0.791. The van der Waals surface area contributed by atoms with Crippen LogP contribution in [0.15, 0.2) is 35.7 Å². The van der Waals surface area contributed by atoms with Gasteiger partial charge in [0.05, 0.1) is 6.04 Å². The Bertz CT molecular complexity index is 487. The fourth-order valence-electron chi connectivity index (χ4n) is 2.45. The third kappa shape index (κ3) is 1.58. The van der Waals surface area contributed by atoms with Crippen LogP contribution in [0.2, 0.25) is 0 Å². The van der Waals surface area contributed by atoms with Gasteiger partial charge in [-0.15, -0.1) is 11.3 Å². The van der Waals surface area contributed by atoms with Crippen LogP contribution in [0.1, 0.15) is 27.6 Å². The second kappa shape index (κ2) is 4.04. The van der Waals surface area contributed by atoms with Crippen LogP contribution in [0.25, 0.3) is 0 Å². The van der Waals surface area contributed by atoms with E-state index in [1.54, 1.807) is 4.88 Å². The van der Waals surface area contributed by atoms with Crippen molar-refractivity contribution in [1.29, 1.82) is 0 Å². The van der Waals surface area contributed by atoms with E-state index in [-0.39, 0.29) is 0 Å². The summed E-state index contributed by atoms with van der Waals surface area (Å²) in [7, 11) is 0. The molecule has 0 radical (unpaired) electrons. The average Bonchev–Trinajstić information content (AvgIpc) is 2.73. The second-order valence-electron chi connectivity index (χ2n) is 4.30. The van der Waals surface area contributed by atoms with Crippen molar-refractivity contribution in [2.45, 2.75) is 19.4 Å². The van der Waals surface area contributed by atoms with E-state index in [0.717, 1.165) is 6.54 Å². The minimum absolute atomic E-state index is 0.399. The highest BCUT2D eigenvalue weighted by Gasteiger charge is 2.23. The van der Waals surface area contributed by atoms with Crippen LogP contribution < -0.4 is 5.32 Å². The Kier molecular flexibility index (Phi) is 2.54. The zero-order valence-corrected chi connectivity index (χ0v) is 10.2. The molecule has 82 valence electrons. The molecule has 2 aromatic rings. The van der Waals surface area contributed by atoms with E-state index < -0.39 is 0 Å². The number of nitrogens with one attached hydrogen (secondary N) is 1. The first-order chi connectivity index (χ1) is 7.86. The van der Waals surface area contributed by atoms with E-state index in [2.05, 4.69) is 48.0 Å². The smallest absolute Gasteiger partial charge is 0.0590 e. The van der Waals surface area contributed by atoms with Crippen LogP contribution in [0.5, 0.6) is 0 Å². The lowest BCUT2D eigenvalue weighted by Crippen LogP contribution is -2.29. The van der Waals surface area contributed by atoms with Crippen molar-refractivity contribution in [1.82, 2.24) is 5.32 Å². The minimum atomic E-state index is 0.399. The molecule has 1 atom stereocenters. The summed E-state index contributed by atoms with van der Waals surface area (Å²) < 4.78 is 0. The van der Waals surface area contributed by atoms with Crippen molar-refractivity contribution in [3.05, 3.63) is 57.3 Å². The molecule has 2 heteroatoms. The van der Waals surface area contributed by atoms with Crippen molar-refractivity contribution in [3.63, 3.8) is 0 Å². The van der Waals surface area contributed by atoms with Gasteiger partial charge < -0.3 is 5.32 Å². The molecule has 0 fully saturated rings. The Morgan fingerprint density at radius 3 is 2.88 bits per heavy atom. The van der Waals surface area contributed by atoms with Crippen molar-refractivity contribution in [2.24, 2.45) is 0 Å². The third-order valence-corrected chi connectivity index (χ3v) is 4.41. The number of rotatable bonds is 1. The van der Waals surface area contributed by atoms with Gasteiger partial charge in [-0.05, 0) is 35.4 Å². The molecule has 1 N–H and O–H groups in total. The van der Waals surface area contributed by atoms with Gasteiger partial charge in [0, 0.05) is 11.4 Å². The van der Waals surface area contributed by atoms with Gasteiger partial charge in [-0.2, -0.15) is 0 Å². The minimum Gasteiger partial charge on any atom is -0.306 e. The van der Waals surface area contributed by atoms with Gasteiger partial charge in [-0.25, -0.2) is 0 Å². The van der Waals surface area contributed by atoms with E-state index in [9.17, 15) is 0 Å². The Hall–Kier alpha value is -1.12. The number of benzene rings is 1. The maximum absolute atomic E-state index is 3.63. The normalized spacial score (nSPS) is 19.4. The molecule has 3 rings (SSSR count). The molecular formula is C14H15NS. The van der Waals surface area contributed by atoms with Gasteiger partial charge in [-0.3, -0.25) is 0 Å². The van der Waals surface area contributed by atoms with Crippen LogP contribution in [0.4, 0.5) is 0 Å². The van der Waals surface area contributed by atoms with Gasteiger partial charge in [0.25, 0.3) is 0 Å². The van der Waals surface area contributed by atoms with E-state index in [0.29, 0.717) is 6.04 Å². The molecule has 1 aromatic carbocycles. The number of hydrogen-bond donors (Lipinski definition) is 1. The fraction of sp³-hybridized carbons (Fsp3) is 0.286. The van der Waals surface area contributed by atoms with E-state index in [1.165, 1.54) is 23.1 Å². The van der Waals surface area contributed by atoms with Gasteiger partial charge >= 0.3 is 0 Å². The first kappa shape index (κ1) is 10.1. The molecule has 2 heterocycles. The summed E-state index contributed by atoms with van der Waals surface area (Å²) in [6.07, 6.45) is 1.18. The fourth-order valence-corrected chi connectivity index (χ4v) is 3.52. The summed E-state index contributed by atoms with van der Waals surface area (Å²) in [5.41, 5.74) is 4.33. The van der Waals surface area contributed by atoms with Crippen LogP contribution >= 0.6 is 11.3 Å². The lowest BCUT2D eigenvalue weighted by molar-refractivity contribution is 0.572. The Labute approximate surface area is 100 Å². The second-order valence-corrected chi connectivity index (χ2v) is 5.27. The van der Waals surface area contributed by atoms with E-state index in [1.807, 2.05) is 11.3 Å². The molecule has 0 saturated heterocycles. The molecule has 1 aliphatic rings. The largest absolute Gasteiger partial charge is 0.306 e. The molecular weight excluding hydrogens is 214 g/mol. The molecule has 0 saturated carbocycles. The maximum Gasteiger partial charge on any atom is 0.0590 e. The maximum atomic E-state index is 3.63. The summed E-state index contributed by atoms with van der Waals surface area (Å²) in [5.74, 6) is 0. The predicted octanol–water partition coefficient (Wildman–Crippen LogP) is 3.29. The van der Waals surface area contributed by atoms with Crippen LogP contribution in [0, 0.1) is 6.92 Å². The first-order valence-electron chi connectivity index (χ1n) is 5.71. The number of fused-ring (bicyclic) bond motifs is 1. The molecule has 0 aliphatic carbocycles. The van der Waals surface area contributed by atoms with Crippen molar-refractivity contribution < 1.29 is 0 Å². The van der Waals surface area contributed by atoms with Gasteiger partial charge in [0.15, 0.2) is 0 Å². The Morgan fingerprint density at radius 2 is 2.06 bits per heavy atom. The van der Waals surface area contributed by atoms with Gasteiger partial charge in [-0.1, -0.05) is 30.3 Å². The monoisotopic (exact) mass is 229 g/mol. The van der Waals surface area contributed by atoms with E-state index >= 15 is 0 Å². The highest BCUT2D eigenvalue weighted by Crippen LogP contribution is 2.34. The summed E-state index contributed by atoms with van der Waals surface area (Å²) in [5, 5.41) is 5.91. The number of aryl methyl sites for hydroxylation is 1. The molecule has 1 nitrogen and oxygen atoms in total. The Balaban J connectivity index is 2.08. The van der Waals surface area contributed by atoms with Crippen LogP contribution in [0.3, 0.4) is 0 Å². The lowest BCUT2D eigenvalue weighted by atomic mass is 9.93. The molecule has 16 heavy (non-hydrogen) atoms. The van der Waals surface area contributed by atoms with Crippen molar-refractivity contribution in [2.75, 3.05) is 6.54 Å². The average molecular weight is 229 g/mol. The van der Waals surface area contributed by atoms with Gasteiger partial charge in [0.2, 0.25) is 0 Å². The first-order valence-corrected chi connectivity index (χ1v) is 6.59. The molecule has 1 aromatic heterocycles. The highest BCUT2D eigenvalue weighted by molar-refractivity contribution is 7.10. The molecule has 0 amide bonds. The van der Waals surface area contributed by atoms with Crippen LogP contribution in [-0.4, -0.2) is 6.54 Å². The SMILES string of the molecule is Cc1csc2c1C(c1ccccc1)NCC2. The lowest BCUT2D eigenvalue weighted by Gasteiger charge is -2.25. The van der Waals surface area contributed by atoms with Gasteiger partial charge in [0.1, 0.15) is 0 Å². The van der Waals surface area contributed by atoms with Crippen LogP contribution in [-0.2, 0) is 6.42 Å². The zero-order chi connectivity index (χ0) is 11.0.